The van der Waals surface area contributed by atoms with Crippen LogP contribution in [0.3, 0.4) is 0 Å². The lowest BCUT2D eigenvalue weighted by atomic mass is 10.1. The minimum absolute atomic E-state index is 0.0854. The quantitative estimate of drug-likeness (QED) is 0.887. The fourth-order valence-corrected chi connectivity index (χ4v) is 3.01. The van der Waals surface area contributed by atoms with Crippen LogP contribution in [0.5, 0.6) is 0 Å². The Bertz CT molecular complexity index is 638. The molecule has 0 aliphatic rings. The Morgan fingerprint density at radius 1 is 1.33 bits per heavy atom. The summed E-state index contributed by atoms with van der Waals surface area (Å²) in [5.41, 5.74) is 0.449. The Balaban J connectivity index is 2.43. The minimum Gasteiger partial charge on any atom is -0.477 e. The van der Waals surface area contributed by atoms with Crippen molar-refractivity contribution in [2.75, 3.05) is 13.1 Å². The van der Waals surface area contributed by atoms with Gasteiger partial charge in [0.2, 0.25) is 0 Å². The van der Waals surface area contributed by atoms with Crippen LogP contribution in [0.1, 0.15) is 28.5 Å². The lowest BCUT2D eigenvalue weighted by Gasteiger charge is -2.15. The molecular weight excluding hydrogens is 291 g/mol. The fraction of sp³-hybridized carbons (Fsp3) is 0.333. The maximum Gasteiger partial charge on any atom is 0.348 e. The Labute approximate surface area is 126 Å². The zero-order chi connectivity index (χ0) is 15.4. The van der Waals surface area contributed by atoms with Crippen LogP contribution in [0.4, 0.5) is 4.39 Å². The summed E-state index contributed by atoms with van der Waals surface area (Å²) in [5.74, 6) is -1.53. The number of carboxylic acid groups (broad SMARTS) is 1. The van der Waals surface area contributed by atoms with E-state index in [1.807, 2.05) is 13.8 Å². The number of thiazole rings is 1. The SMILES string of the molecule is CCN(CC)Cc1nc(-c2ccccc2F)c(C(=O)O)s1. The third kappa shape index (κ3) is 3.46. The number of halogens is 1. The van der Waals surface area contributed by atoms with Crippen LogP contribution < -0.4 is 0 Å². The third-order valence-electron chi connectivity index (χ3n) is 3.25. The van der Waals surface area contributed by atoms with E-state index in [0.29, 0.717) is 11.6 Å². The van der Waals surface area contributed by atoms with E-state index < -0.39 is 11.8 Å². The molecule has 21 heavy (non-hydrogen) atoms. The molecule has 6 heteroatoms. The number of carboxylic acids is 1. The van der Waals surface area contributed by atoms with Crippen molar-refractivity contribution in [1.82, 2.24) is 9.88 Å². The number of hydrogen-bond donors (Lipinski definition) is 1. The zero-order valence-electron chi connectivity index (χ0n) is 12.0. The summed E-state index contributed by atoms with van der Waals surface area (Å²) >= 11 is 1.11. The van der Waals surface area contributed by atoms with Gasteiger partial charge in [-0.05, 0) is 25.2 Å². The number of carbonyl (C=O) groups is 1. The number of benzene rings is 1. The van der Waals surface area contributed by atoms with Gasteiger partial charge in [0, 0.05) is 5.56 Å². The van der Waals surface area contributed by atoms with Gasteiger partial charge in [0.1, 0.15) is 15.7 Å². The van der Waals surface area contributed by atoms with Gasteiger partial charge in [0.25, 0.3) is 0 Å². The van der Waals surface area contributed by atoms with E-state index in [1.54, 1.807) is 18.2 Å². The van der Waals surface area contributed by atoms with Crippen molar-refractivity contribution in [2.24, 2.45) is 0 Å². The van der Waals surface area contributed by atoms with E-state index in [2.05, 4.69) is 9.88 Å². The molecular formula is C15H17FN2O2S. The molecule has 1 N–H and O–H groups in total. The van der Waals surface area contributed by atoms with Gasteiger partial charge in [-0.3, -0.25) is 4.90 Å². The summed E-state index contributed by atoms with van der Waals surface area (Å²) in [6.07, 6.45) is 0. The topological polar surface area (TPSA) is 53.4 Å². The minimum atomic E-state index is -1.07. The molecule has 112 valence electrons. The Morgan fingerprint density at radius 2 is 2.00 bits per heavy atom. The summed E-state index contributed by atoms with van der Waals surface area (Å²) in [5, 5.41) is 10.0. The molecule has 0 saturated heterocycles. The first-order valence-corrected chi connectivity index (χ1v) is 7.58. The van der Waals surface area contributed by atoms with E-state index in [4.69, 9.17) is 0 Å². The van der Waals surface area contributed by atoms with Gasteiger partial charge < -0.3 is 5.11 Å². The summed E-state index contributed by atoms with van der Waals surface area (Å²) in [4.78, 5) is 18.0. The Morgan fingerprint density at radius 3 is 2.57 bits per heavy atom. The number of hydrogen-bond acceptors (Lipinski definition) is 4. The molecule has 2 aromatic rings. The summed E-state index contributed by atoms with van der Waals surface area (Å²) in [6, 6.07) is 6.11. The van der Waals surface area contributed by atoms with E-state index in [9.17, 15) is 14.3 Å². The number of aromatic nitrogens is 1. The highest BCUT2D eigenvalue weighted by atomic mass is 32.1. The van der Waals surface area contributed by atoms with Crippen molar-refractivity contribution in [3.63, 3.8) is 0 Å². The maximum atomic E-state index is 13.9. The molecule has 0 atom stereocenters. The normalized spacial score (nSPS) is 11.0. The number of rotatable bonds is 6. The van der Waals surface area contributed by atoms with Crippen molar-refractivity contribution in [3.05, 3.63) is 40.0 Å². The molecule has 1 aromatic heterocycles. The van der Waals surface area contributed by atoms with E-state index >= 15 is 0 Å². The van der Waals surface area contributed by atoms with Crippen molar-refractivity contribution >= 4 is 17.3 Å². The van der Waals surface area contributed by atoms with Gasteiger partial charge in [0.15, 0.2) is 0 Å². The molecule has 0 unspecified atom stereocenters. The first kappa shape index (κ1) is 15.6. The Hall–Kier alpha value is -1.79. The first-order chi connectivity index (χ1) is 10.1. The second kappa shape index (κ2) is 6.78. The molecule has 0 aliphatic carbocycles. The van der Waals surface area contributed by atoms with Crippen molar-refractivity contribution in [3.8, 4) is 11.3 Å². The molecule has 0 saturated carbocycles. The second-order valence-corrected chi connectivity index (χ2v) is 5.62. The van der Waals surface area contributed by atoms with Gasteiger partial charge in [0.05, 0.1) is 12.2 Å². The van der Waals surface area contributed by atoms with Crippen LogP contribution in [0.25, 0.3) is 11.3 Å². The Kier molecular flexibility index (Phi) is 5.03. The fourth-order valence-electron chi connectivity index (χ4n) is 2.05. The molecule has 0 bridgehead atoms. The molecule has 0 fully saturated rings. The van der Waals surface area contributed by atoms with E-state index in [0.717, 1.165) is 24.4 Å². The largest absolute Gasteiger partial charge is 0.477 e. The summed E-state index contributed by atoms with van der Waals surface area (Å²) in [6.45, 7) is 6.35. The van der Waals surface area contributed by atoms with Crippen molar-refractivity contribution in [1.29, 1.82) is 0 Å². The summed E-state index contributed by atoms with van der Waals surface area (Å²) < 4.78 is 13.9. The second-order valence-electron chi connectivity index (χ2n) is 4.53. The highest BCUT2D eigenvalue weighted by molar-refractivity contribution is 7.14. The lowest BCUT2D eigenvalue weighted by molar-refractivity contribution is 0.0702. The summed E-state index contributed by atoms with van der Waals surface area (Å²) in [7, 11) is 0. The van der Waals surface area contributed by atoms with Gasteiger partial charge in [-0.1, -0.05) is 26.0 Å². The molecule has 1 heterocycles. The van der Waals surface area contributed by atoms with Crippen LogP contribution in [0.15, 0.2) is 24.3 Å². The third-order valence-corrected chi connectivity index (χ3v) is 4.28. The molecule has 0 aliphatic heterocycles. The van der Waals surface area contributed by atoms with Gasteiger partial charge in [-0.2, -0.15) is 0 Å². The predicted molar refractivity (Wildman–Crippen MR) is 81.1 cm³/mol. The molecule has 1 aromatic carbocycles. The molecule has 4 nitrogen and oxygen atoms in total. The lowest BCUT2D eigenvalue weighted by Crippen LogP contribution is -2.21. The predicted octanol–water partition coefficient (Wildman–Crippen LogP) is 3.49. The first-order valence-electron chi connectivity index (χ1n) is 6.77. The average Bonchev–Trinajstić information content (AvgIpc) is 2.89. The molecule has 0 radical (unpaired) electrons. The van der Waals surface area contributed by atoms with Gasteiger partial charge in [-0.25, -0.2) is 14.2 Å². The van der Waals surface area contributed by atoms with Crippen LogP contribution in [-0.4, -0.2) is 34.0 Å². The van der Waals surface area contributed by atoms with Crippen LogP contribution in [-0.2, 0) is 6.54 Å². The van der Waals surface area contributed by atoms with Crippen molar-refractivity contribution < 1.29 is 14.3 Å². The molecule has 0 amide bonds. The number of nitrogens with zero attached hydrogens (tertiary/aromatic N) is 2. The average molecular weight is 308 g/mol. The smallest absolute Gasteiger partial charge is 0.348 e. The molecule has 2 rings (SSSR count). The van der Waals surface area contributed by atoms with E-state index in [-0.39, 0.29) is 16.1 Å². The highest BCUT2D eigenvalue weighted by Gasteiger charge is 2.21. The standard InChI is InChI=1S/C15H17FN2O2S/c1-3-18(4-2)9-12-17-13(14(21-12)15(19)20)10-7-5-6-8-11(10)16/h5-8H,3-4,9H2,1-2H3,(H,19,20). The van der Waals surface area contributed by atoms with Gasteiger partial charge >= 0.3 is 5.97 Å². The van der Waals surface area contributed by atoms with E-state index in [1.165, 1.54) is 6.07 Å². The maximum absolute atomic E-state index is 13.9. The zero-order valence-corrected chi connectivity index (χ0v) is 12.8. The van der Waals surface area contributed by atoms with Crippen molar-refractivity contribution in [2.45, 2.75) is 20.4 Å². The number of aromatic carboxylic acids is 1. The highest BCUT2D eigenvalue weighted by Crippen LogP contribution is 2.30. The molecule has 0 spiro atoms. The van der Waals surface area contributed by atoms with Gasteiger partial charge in [-0.15, -0.1) is 11.3 Å². The monoisotopic (exact) mass is 308 g/mol. The van der Waals surface area contributed by atoms with Crippen LogP contribution >= 0.6 is 11.3 Å². The van der Waals surface area contributed by atoms with Crippen LogP contribution in [0, 0.1) is 5.82 Å². The van der Waals surface area contributed by atoms with Crippen LogP contribution in [0.2, 0.25) is 0 Å².